The van der Waals surface area contributed by atoms with Gasteiger partial charge in [-0.3, -0.25) is 0 Å². The maximum atomic E-state index is 8.86. The van der Waals surface area contributed by atoms with Crippen molar-refractivity contribution in [2.24, 2.45) is 13.0 Å². The van der Waals surface area contributed by atoms with E-state index in [-0.39, 0.29) is 6.61 Å². The normalized spacial score (nSPS) is 11.3. The molecule has 1 N–H and O–H groups in total. The van der Waals surface area contributed by atoms with Crippen LogP contribution >= 0.6 is 15.9 Å². The summed E-state index contributed by atoms with van der Waals surface area (Å²) in [5.74, 6) is 1.54. The number of hydrogen-bond acceptors (Lipinski definition) is 2. The van der Waals surface area contributed by atoms with Crippen molar-refractivity contribution < 1.29 is 5.11 Å². The van der Waals surface area contributed by atoms with Crippen molar-refractivity contribution in [1.29, 1.82) is 0 Å². The van der Waals surface area contributed by atoms with E-state index in [0.29, 0.717) is 12.3 Å². The highest BCUT2D eigenvalue weighted by Crippen LogP contribution is 2.20. The van der Waals surface area contributed by atoms with E-state index in [2.05, 4.69) is 34.8 Å². The Morgan fingerprint density at radius 1 is 1.50 bits per heavy atom. The van der Waals surface area contributed by atoms with Crippen LogP contribution in [0.3, 0.4) is 0 Å². The van der Waals surface area contributed by atoms with Gasteiger partial charge in [-0.15, -0.1) is 0 Å². The number of hydrogen-bond donors (Lipinski definition) is 1. The summed E-state index contributed by atoms with van der Waals surface area (Å²) >= 11 is 3.52. The lowest BCUT2D eigenvalue weighted by molar-refractivity contribution is 0.295. The van der Waals surface area contributed by atoms with Crippen LogP contribution in [0.25, 0.3) is 0 Å². The molecule has 3 nitrogen and oxygen atoms in total. The summed E-state index contributed by atoms with van der Waals surface area (Å²) in [6.07, 6.45) is 1.59. The second-order valence-corrected chi connectivity index (χ2v) is 4.65. The molecule has 1 aromatic rings. The van der Waals surface area contributed by atoms with Crippen LogP contribution in [-0.2, 0) is 19.9 Å². The van der Waals surface area contributed by atoms with Gasteiger partial charge < -0.3 is 9.67 Å². The Bertz CT molecular complexity index is 307. The Kier molecular flexibility index (Phi) is 4.13. The molecule has 1 aromatic heterocycles. The predicted molar refractivity (Wildman–Crippen MR) is 60.2 cm³/mol. The fourth-order valence-electron chi connectivity index (χ4n) is 1.42. The highest BCUT2D eigenvalue weighted by molar-refractivity contribution is 9.10. The van der Waals surface area contributed by atoms with Crippen LogP contribution in [0.15, 0.2) is 4.60 Å². The summed E-state index contributed by atoms with van der Waals surface area (Å²) < 4.78 is 3.03. The molecule has 1 heterocycles. The van der Waals surface area contributed by atoms with Gasteiger partial charge >= 0.3 is 0 Å². The van der Waals surface area contributed by atoms with Crippen molar-refractivity contribution in [2.45, 2.75) is 26.7 Å². The summed E-state index contributed by atoms with van der Waals surface area (Å²) in [4.78, 5) is 4.50. The number of nitrogens with zero attached hydrogens (tertiary/aromatic N) is 2. The van der Waals surface area contributed by atoms with E-state index < -0.39 is 0 Å². The number of aliphatic hydroxyl groups excluding tert-OH is 1. The fourth-order valence-corrected chi connectivity index (χ4v) is 1.88. The first kappa shape index (κ1) is 11.7. The van der Waals surface area contributed by atoms with Crippen LogP contribution in [0.2, 0.25) is 0 Å². The molecule has 14 heavy (non-hydrogen) atoms. The van der Waals surface area contributed by atoms with Gasteiger partial charge in [0.1, 0.15) is 10.4 Å². The van der Waals surface area contributed by atoms with Gasteiger partial charge in [-0.1, -0.05) is 13.8 Å². The quantitative estimate of drug-likeness (QED) is 0.899. The van der Waals surface area contributed by atoms with Crippen LogP contribution in [-0.4, -0.2) is 21.3 Å². The first-order chi connectivity index (χ1) is 6.56. The molecule has 0 radical (unpaired) electrons. The van der Waals surface area contributed by atoms with Gasteiger partial charge in [-0.05, 0) is 28.3 Å². The predicted octanol–water partition coefficient (Wildman–Crippen LogP) is 1.92. The monoisotopic (exact) mass is 260 g/mol. The van der Waals surface area contributed by atoms with Gasteiger partial charge in [0.05, 0.1) is 12.3 Å². The minimum atomic E-state index is 0.151. The van der Waals surface area contributed by atoms with Gasteiger partial charge in [0.15, 0.2) is 0 Å². The standard InChI is InChI=1S/C10H17BrN2O/c1-7(2)6-8-10(11)13(3)9(12-8)4-5-14/h7,14H,4-6H2,1-3H3. The number of imidazole rings is 1. The number of rotatable bonds is 4. The Morgan fingerprint density at radius 3 is 2.64 bits per heavy atom. The van der Waals surface area contributed by atoms with E-state index in [9.17, 15) is 0 Å². The molecule has 0 saturated carbocycles. The molecule has 0 aliphatic rings. The maximum Gasteiger partial charge on any atom is 0.111 e. The molecule has 0 aromatic carbocycles. The molecular weight excluding hydrogens is 244 g/mol. The third kappa shape index (κ3) is 2.58. The van der Waals surface area contributed by atoms with Crippen LogP contribution in [0, 0.1) is 5.92 Å². The Hall–Kier alpha value is -0.350. The zero-order chi connectivity index (χ0) is 10.7. The van der Waals surface area contributed by atoms with Crippen molar-refractivity contribution in [3.63, 3.8) is 0 Å². The number of halogens is 1. The van der Waals surface area contributed by atoms with Gasteiger partial charge in [0.25, 0.3) is 0 Å². The third-order valence-electron chi connectivity index (χ3n) is 2.12. The lowest BCUT2D eigenvalue weighted by atomic mass is 10.1. The Labute approximate surface area is 93.3 Å². The van der Waals surface area contributed by atoms with Gasteiger partial charge in [0.2, 0.25) is 0 Å². The molecule has 0 saturated heterocycles. The van der Waals surface area contributed by atoms with Crippen LogP contribution in [0.1, 0.15) is 25.4 Å². The van der Waals surface area contributed by atoms with Crippen LogP contribution in [0.5, 0.6) is 0 Å². The fraction of sp³-hybridized carbons (Fsp3) is 0.700. The second kappa shape index (κ2) is 4.94. The molecule has 1 rings (SSSR count). The highest BCUT2D eigenvalue weighted by atomic mass is 79.9. The van der Waals surface area contributed by atoms with E-state index in [1.807, 2.05) is 11.6 Å². The van der Waals surface area contributed by atoms with Crippen LogP contribution < -0.4 is 0 Å². The third-order valence-corrected chi connectivity index (χ3v) is 3.11. The minimum absolute atomic E-state index is 0.151. The lowest BCUT2D eigenvalue weighted by Crippen LogP contribution is -2.00. The topological polar surface area (TPSA) is 38.1 Å². The minimum Gasteiger partial charge on any atom is -0.396 e. The Balaban J connectivity index is 2.90. The SMILES string of the molecule is CC(C)Cc1nc(CCO)n(C)c1Br. The van der Waals surface area contributed by atoms with E-state index in [1.54, 1.807) is 0 Å². The summed E-state index contributed by atoms with van der Waals surface area (Å²) in [6.45, 7) is 4.50. The average Bonchev–Trinajstić information content (AvgIpc) is 2.34. The van der Waals surface area contributed by atoms with Crippen LogP contribution in [0.4, 0.5) is 0 Å². The second-order valence-electron chi connectivity index (χ2n) is 3.90. The number of aromatic nitrogens is 2. The molecule has 0 amide bonds. The molecule has 0 aliphatic heterocycles. The zero-order valence-electron chi connectivity index (χ0n) is 8.92. The van der Waals surface area contributed by atoms with E-state index in [4.69, 9.17) is 5.11 Å². The van der Waals surface area contributed by atoms with Gasteiger partial charge in [-0.2, -0.15) is 0 Å². The summed E-state index contributed by atoms with van der Waals surface area (Å²) in [7, 11) is 1.96. The first-order valence-corrected chi connectivity index (χ1v) is 5.66. The van der Waals surface area contributed by atoms with Crippen molar-refractivity contribution in [3.8, 4) is 0 Å². The first-order valence-electron chi connectivity index (χ1n) is 4.87. The van der Waals surface area contributed by atoms with Crippen molar-refractivity contribution in [3.05, 3.63) is 16.1 Å². The smallest absolute Gasteiger partial charge is 0.111 e. The summed E-state index contributed by atoms with van der Waals surface area (Å²) in [6, 6.07) is 0. The highest BCUT2D eigenvalue weighted by Gasteiger charge is 2.12. The van der Waals surface area contributed by atoms with E-state index >= 15 is 0 Å². The molecule has 0 bridgehead atoms. The molecule has 0 fully saturated rings. The van der Waals surface area contributed by atoms with Gasteiger partial charge in [0, 0.05) is 13.5 Å². The maximum absolute atomic E-state index is 8.86. The molecule has 0 aliphatic carbocycles. The summed E-state index contributed by atoms with van der Waals surface area (Å²) in [5, 5.41) is 8.86. The van der Waals surface area contributed by atoms with E-state index in [1.165, 1.54) is 0 Å². The molecule has 80 valence electrons. The average molecular weight is 261 g/mol. The van der Waals surface area contributed by atoms with Crippen molar-refractivity contribution in [1.82, 2.24) is 9.55 Å². The number of aliphatic hydroxyl groups is 1. The molecule has 4 heteroatoms. The van der Waals surface area contributed by atoms with Crippen molar-refractivity contribution in [2.75, 3.05) is 6.61 Å². The Morgan fingerprint density at radius 2 is 2.14 bits per heavy atom. The molecule has 0 spiro atoms. The largest absolute Gasteiger partial charge is 0.396 e. The molecule has 0 atom stereocenters. The molecule has 0 unspecified atom stereocenters. The molecular formula is C10H17BrN2O. The summed E-state index contributed by atoms with van der Waals surface area (Å²) in [5.41, 5.74) is 1.09. The van der Waals surface area contributed by atoms with E-state index in [0.717, 1.165) is 22.5 Å². The zero-order valence-corrected chi connectivity index (χ0v) is 10.5. The van der Waals surface area contributed by atoms with Gasteiger partial charge in [-0.25, -0.2) is 4.98 Å². The van der Waals surface area contributed by atoms with Crippen molar-refractivity contribution >= 4 is 15.9 Å². The lowest BCUT2D eigenvalue weighted by Gasteiger charge is -2.01.